The molecular weight excluding hydrogens is 1110 g/mol. The molecule has 33 heteroatoms. The molecule has 1 saturated heterocycles. The van der Waals surface area contributed by atoms with Crippen molar-refractivity contribution in [2.45, 2.75) is 145 Å². The van der Waals surface area contributed by atoms with Gasteiger partial charge in [0.15, 0.2) is 17.9 Å². The lowest BCUT2D eigenvalue weighted by molar-refractivity contribution is -0.143. The second kappa shape index (κ2) is 37.1. The van der Waals surface area contributed by atoms with E-state index in [4.69, 9.17) is 40.1 Å². The predicted octanol–water partition coefficient (Wildman–Crippen LogP) is -7.35. The molecule has 0 unspecified atom stereocenters. The molecule has 25 N–H and O–H groups in total. The number of nitrogens with one attached hydrogen (secondary N) is 8. The Balaban J connectivity index is 2.50. The zero-order valence-electron chi connectivity index (χ0n) is 47.0. The lowest BCUT2D eigenvalue weighted by atomic mass is 10.0. The van der Waals surface area contributed by atoms with Crippen molar-refractivity contribution < 1.29 is 63.3 Å². The van der Waals surface area contributed by atoms with Crippen LogP contribution in [0.25, 0.3) is 0 Å². The Labute approximate surface area is 486 Å². The second-order valence-corrected chi connectivity index (χ2v) is 20.4. The summed E-state index contributed by atoms with van der Waals surface area (Å²) >= 11 is 4.20. The number of carboxylic acid groups (broad SMARTS) is 1. The topological polar surface area (TPSA) is 550 Å². The molecule has 9 amide bonds. The summed E-state index contributed by atoms with van der Waals surface area (Å²) in [7, 11) is 0. The minimum Gasteiger partial charge on any atom is -0.480 e. The maximum atomic E-state index is 14.8. The summed E-state index contributed by atoms with van der Waals surface area (Å²) in [6.07, 6.45) is -0.725. The highest BCUT2D eigenvalue weighted by atomic mass is 32.1. The van der Waals surface area contributed by atoms with Crippen LogP contribution in [0, 0.1) is 5.92 Å². The summed E-state index contributed by atoms with van der Waals surface area (Å²) in [6.45, 7) is 3.27. The van der Waals surface area contributed by atoms with Crippen molar-refractivity contribution in [1.82, 2.24) is 47.4 Å². The Bertz CT molecular complexity index is 2420. The Morgan fingerprint density at radius 2 is 1.10 bits per heavy atom. The number of carbonyl (C=O) groups is 10. The molecule has 83 heavy (non-hydrogen) atoms. The molecule has 1 heterocycles. The lowest BCUT2D eigenvalue weighted by Gasteiger charge is -2.31. The predicted molar refractivity (Wildman–Crippen MR) is 309 cm³/mol. The molecule has 0 saturated carbocycles. The average molecular weight is 1190 g/mol. The Hall–Kier alpha value is -8.04. The van der Waals surface area contributed by atoms with Gasteiger partial charge in [-0.15, -0.1) is 0 Å². The third kappa shape index (κ3) is 26.6. The maximum absolute atomic E-state index is 14.8. The maximum Gasteiger partial charge on any atom is 0.328 e. The molecule has 1 fully saturated rings. The first-order valence-corrected chi connectivity index (χ1v) is 27.6. The van der Waals surface area contributed by atoms with E-state index in [1.165, 1.54) is 11.8 Å². The fourth-order valence-electron chi connectivity index (χ4n) is 8.33. The molecule has 1 aliphatic rings. The third-order valence-corrected chi connectivity index (χ3v) is 13.1. The number of nitrogens with zero attached hydrogens (tertiary/aromatic N) is 4. The highest BCUT2D eigenvalue weighted by Crippen LogP contribution is 2.21. The van der Waals surface area contributed by atoms with Gasteiger partial charge in [0.25, 0.3) is 0 Å². The standard InChI is InChI=1S/C50H85N19O13S/c1-26(2)21-32(41(75)63-29(13-7-17-58-48(52)53)39(73)61-23-37(72)62-34(24-70)47(81)82)66-40(74)30(14-8-18-59-49(54)55)64-44(78)36-16-10-20-69(36)46(80)31(15-9-19-60-50(56)57)65-42(76)33(22-28-11-5-4-6-12-28)67-43(77)35(25-83)68-45(79)38(51)27(3)71/h4-6,11-12,26-27,29-36,38,70-71,83H,7-10,13-25,51H2,1-3H3,(H,61,73)(H,62,72)(H,63,75)(H,64,78)(H,65,76)(H,66,74)(H,67,77)(H,68,79)(H,81,82)(H4,52,53,58)(H4,54,55,59)(H4,56,57,60)/t27-,29+,30+,31+,32+,33+,34+,35+,36+,38+/m1/s1. The first-order chi connectivity index (χ1) is 39.2. The monoisotopic (exact) mass is 1190 g/mol. The largest absolute Gasteiger partial charge is 0.480 e. The Morgan fingerprint density at radius 1 is 0.627 bits per heavy atom. The highest BCUT2D eigenvalue weighted by Gasteiger charge is 2.40. The van der Waals surface area contributed by atoms with Crippen molar-refractivity contribution in [2.75, 3.05) is 45.1 Å². The Morgan fingerprint density at radius 3 is 1.60 bits per heavy atom. The van der Waals surface area contributed by atoms with Gasteiger partial charge in [0, 0.05) is 38.4 Å². The number of carbonyl (C=O) groups excluding carboxylic acids is 9. The number of guanidine groups is 3. The second-order valence-electron chi connectivity index (χ2n) is 20.0. The summed E-state index contributed by atoms with van der Waals surface area (Å²) in [5.41, 5.74) is 39.5. The number of thiol groups is 1. The number of benzene rings is 1. The van der Waals surface area contributed by atoms with Crippen LogP contribution in [-0.2, 0) is 54.4 Å². The summed E-state index contributed by atoms with van der Waals surface area (Å²) < 4.78 is 0. The normalized spacial score (nSPS) is 16.0. The van der Waals surface area contributed by atoms with Crippen LogP contribution in [0.5, 0.6) is 0 Å². The van der Waals surface area contributed by atoms with Crippen LogP contribution in [0.2, 0.25) is 0 Å². The van der Waals surface area contributed by atoms with E-state index in [9.17, 15) is 63.3 Å². The van der Waals surface area contributed by atoms with Gasteiger partial charge in [0.05, 0.1) is 19.3 Å². The summed E-state index contributed by atoms with van der Waals surface area (Å²) in [5.74, 6) is -10.2. The van der Waals surface area contributed by atoms with Gasteiger partial charge >= 0.3 is 5.97 Å². The van der Waals surface area contributed by atoms with Gasteiger partial charge in [-0.3, -0.25) is 58.1 Å². The van der Waals surface area contributed by atoms with E-state index in [0.717, 1.165) is 0 Å². The lowest BCUT2D eigenvalue weighted by Crippen LogP contribution is -2.60. The molecule has 0 aromatic heterocycles. The zero-order chi connectivity index (χ0) is 62.3. The van der Waals surface area contributed by atoms with Gasteiger partial charge < -0.3 is 103 Å². The van der Waals surface area contributed by atoms with Crippen molar-refractivity contribution in [3.63, 3.8) is 0 Å². The number of nitrogens with two attached hydrogens (primary N) is 7. The van der Waals surface area contributed by atoms with Crippen LogP contribution in [0.15, 0.2) is 45.3 Å². The number of carboxylic acids is 1. The fourth-order valence-corrected chi connectivity index (χ4v) is 8.59. The third-order valence-electron chi connectivity index (χ3n) is 12.7. The highest BCUT2D eigenvalue weighted by molar-refractivity contribution is 7.80. The smallest absolute Gasteiger partial charge is 0.328 e. The van der Waals surface area contributed by atoms with Crippen LogP contribution in [0.3, 0.4) is 0 Å². The number of likely N-dealkylation sites (tertiary alicyclic amines) is 1. The molecule has 2 rings (SSSR count). The van der Waals surface area contributed by atoms with Gasteiger partial charge in [-0.1, -0.05) is 44.2 Å². The van der Waals surface area contributed by atoms with Gasteiger partial charge in [-0.25, -0.2) is 4.79 Å². The van der Waals surface area contributed by atoms with E-state index in [0.29, 0.717) is 12.0 Å². The summed E-state index contributed by atoms with van der Waals surface area (Å²) in [4.78, 5) is 149. The zero-order valence-corrected chi connectivity index (χ0v) is 47.9. The van der Waals surface area contributed by atoms with Crippen molar-refractivity contribution in [3.8, 4) is 0 Å². The average Bonchev–Trinajstić information content (AvgIpc) is 4.20. The molecule has 1 aromatic rings. The molecule has 0 spiro atoms. The molecule has 0 radical (unpaired) electrons. The minimum absolute atomic E-state index is 0.0107. The first kappa shape index (κ1) is 71.1. The van der Waals surface area contributed by atoms with E-state index in [-0.39, 0.29) is 114 Å². The molecule has 1 aromatic carbocycles. The number of amides is 9. The Kier molecular flexibility index (Phi) is 31.8. The first-order valence-electron chi connectivity index (χ1n) is 27.0. The van der Waals surface area contributed by atoms with Crippen molar-refractivity contribution in [1.29, 1.82) is 0 Å². The van der Waals surface area contributed by atoms with Crippen molar-refractivity contribution in [2.24, 2.45) is 61.0 Å². The summed E-state index contributed by atoms with van der Waals surface area (Å²) in [5, 5.41) is 48.5. The number of aliphatic carboxylic acids is 1. The van der Waals surface area contributed by atoms with E-state index >= 15 is 0 Å². The quantitative estimate of drug-likeness (QED) is 0.0127. The number of hydrogen-bond acceptors (Lipinski definition) is 17. The van der Waals surface area contributed by atoms with Crippen LogP contribution < -0.4 is 82.7 Å². The fraction of sp³-hybridized carbons (Fsp3) is 0.620. The molecular formula is C50H85N19O13S. The van der Waals surface area contributed by atoms with E-state index < -0.39 is 133 Å². The number of hydrogen-bond donors (Lipinski definition) is 19. The van der Waals surface area contributed by atoms with Crippen molar-refractivity contribution >= 4 is 89.6 Å². The molecule has 32 nitrogen and oxygen atoms in total. The summed E-state index contributed by atoms with van der Waals surface area (Å²) in [6, 6.07) is -3.73. The van der Waals surface area contributed by atoms with Crippen molar-refractivity contribution in [3.05, 3.63) is 35.9 Å². The minimum atomic E-state index is -1.65. The molecule has 464 valence electrons. The van der Waals surface area contributed by atoms with E-state index in [2.05, 4.69) is 64.8 Å². The molecule has 10 atom stereocenters. The van der Waals surface area contributed by atoms with Gasteiger partial charge in [0.1, 0.15) is 54.4 Å². The van der Waals surface area contributed by atoms with E-state index in [1.54, 1.807) is 44.2 Å². The number of aliphatic imine (C=N–C) groups is 3. The van der Waals surface area contributed by atoms with Crippen LogP contribution in [0.1, 0.15) is 84.1 Å². The van der Waals surface area contributed by atoms with Crippen LogP contribution in [-0.4, -0.2) is 203 Å². The van der Waals surface area contributed by atoms with Gasteiger partial charge in [0.2, 0.25) is 53.2 Å². The SMILES string of the molecule is CC(C)C[C@H](NC(=O)[C@H](CCCN=C(N)N)NC(=O)[C@@H]1CCCN1C(=O)[C@H](CCCN=C(N)N)NC(=O)[C@H](Cc1ccccc1)NC(=O)[C@H](CS)NC(=O)[C@@H](N)[C@@H](C)O)C(=O)N[C@@H](CCCN=C(N)N)C(=O)NCC(=O)N[C@@H](CO)C(=O)O. The number of rotatable bonds is 37. The van der Waals surface area contributed by atoms with E-state index in [1.807, 2.05) is 5.32 Å². The molecule has 0 aliphatic carbocycles. The van der Waals surface area contributed by atoms with Gasteiger partial charge in [-0.2, -0.15) is 12.6 Å². The van der Waals surface area contributed by atoms with Crippen LogP contribution in [0.4, 0.5) is 0 Å². The van der Waals surface area contributed by atoms with Gasteiger partial charge in [-0.05, 0) is 76.2 Å². The van der Waals surface area contributed by atoms with Crippen LogP contribution >= 0.6 is 12.6 Å². The molecule has 0 bridgehead atoms. The number of aliphatic hydroxyl groups is 2. The number of aliphatic hydroxyl groups excluding tert-OH is 2. The molecule has 1 aliphatic heterocycles.